The number of rotatable bonds is 6. The number of nitrogens with zero attached hydrogens (tertiary/aromatic N) is 1. The van der Waals surface area contributed by atoms with E-state index in [1.54, 1.807) is 19.2 Å². The second kappa shape index (κ2) is 7.86. The van der Waals surface area contributed by atoms with Gasteiger partial charge >= 0.3 is 6.03 Å². The summed E-state index contributed by atoms with van der Waals surface area (Å²) in [5.41, 5.74) is 1.49. The number of nitrogens with one attached hydrogen (secondary N) is 2. The molecule has 0 aliphatic rings. The van der Waals surface area contributed by atoms with Gasteiger partial charge in [0, 0.05) is 30.6 Å². The number of aliphatic hydroxyl groups is 1. The summed E-state index contributed by atoms with van der Waals surface area (Å²) >= 11 is 1.35. The van der Waals surface area contributed by atoms with Gasteiger partial charge in [-0.3, -0.25) is 5.32 Å². The molecule has 0 spiro atoms. The van der Waals surface area contributed by atoms with Crippen LogP contribution in [0.5, 0.6) is 0 Å². The number of aliphatic hydroxyl groups excluding tert-OH is 1. The minimum Gasteiger partial charge on any atom is -0.396 e. The number of thiazole rings is 1. The Bertz CT molecular complexity index is 645. The minimum absolute atomic E-state index is 0.0365. The van der Waals surface area contributed by atoms with Gasteiger partial charge in [0.25, 0.3) is 0 Å². The van der Waals surface area contributed by atoms with Crippen molar-refractivity contribution in [2.24, 2.45) is 0 Å². The highest BCUT2D eigenvalue weighted by atomic mass is 32.1. The monoisotopic (exact) mass is 323 g/mol. The first-order valence-electron chi connectivity index (χ1n) is 6.94. The molecule has 5 nitrogen and oxygen atoms in total. The fraction of sp³-hybridized carbons (Fsp3) is 0.333. The zero-order valence-corrected chi connectivity index (χ0v) is 13.0. The van der Waals surface area contributed by atoms with Crippen LogP contribution in [0.25, 0.3) is 0 Å². The van der Waals surface area contributed by atoms with Crippen molar-refractivity contribution in [3.63, 3.8) is 0 Å². The van der Waals surface area contributed by atoms with Crippen molar-refractivity contribution in [2.45, 2.75) is 19.8 Å². The molecule has 2 aromatic rings. The lowest BCUT2D eigenvalue weighted by atomic mass is 10.1. The van der Waals surface area contributed by atoms with Crippen LogP contribution in [-0.4, -0.2) is 29.3 Å². The van der Waals surface area contributed by atoms with Gasteiger partial charge in [0.05, 0.1) is 0 Å². The van der Waals surface area contributed by atoms with Crippen LogP contribution in [0.1, 0.15) is 22.4 Å². The van der Waals surface area contributed by atoms with E-state index in [1.807, 2.05) is 6.07 Å². The number of aromatic nitrogens is 1. The highest BCUT2D eigenvalue weighted by molar-refractivity contribution is 7.15. The largest absolute Gasteiger partial charge is 0.396 e. The van der Waals surface area contributed by atoms with E-state index in [1.165, 1.54) is 17.4 Å². The lowest BCUT2D eigenvalue weighted by Gasteiger charge is -2.03. The third-order valence-corrected chi connectivity index (χ3v) is 3.92. The van der Waals surface area contributed by atoms with Crippen molar-refractivity contribution in [2.75, 3.05) is 18.5 Å². The van der Waals surface area contributed by atoms with Crippen LogP contribution in [0.2, 0.25) is 0 Å². The zero-order valence-electron chi connectivity index (χ0n) is 12.2. The average Bonchev–Trinajstić information content (AvgIpc) is 2.90. The van der Waals surface area contributed by atoms with E-state index in [9.17, 15) is 9.18 Å². The molecule has 22 heavy (non-hydrogen) atoms. The number of urea groups is 1. The number of carbonyl (C=O) groups is 1. The number of aryl methyl sites for hydroxylation is 1. The van der Waals surface area contributed by atoms with Crippen molar-refractivity contribution < 1.29 is 14.3 Å². The second-order valence-electron chi connectivity index (χ2n) is 4.85. The van der Waals surface area contributed by atoms with E-state index in [0.717, 1.165) is 10.4 Å². The number of hydrogen-bond donors (Lipinski definition) is 3. The summed E-state index contributed by atoms with van der Waals surface area (Å²) in [4.78, 5) is 16.6. The SMILES string of the molecule is Cc1ccc(Cc2cnc(NC(=O)NCCCO)s2)cc1F. The van der Waals surface area contributed by atoms with Crippen molar-refractivity contribution in [1.29, 1.82) is 0 Å². The van der Waals surface area contributed by atoms with Gasteiger partial charge in [0.2, 0.25) is 0 Å². The van der Waals surface area contributed by atoms with Crippen molar-refractivity contribution in [3.8, 4) is 0 Å². The van der Waals surface area contributed by atoms with E-state index < -0.39 is 0 Å². The third kappa shape index (κ3) is 4.78. The van der Waals surface area contributed by atoms with E-state index in [4.69, 9.17) is 5.11 Å². The topological polar surface area (TPSA) is 74.2 Å². The second-order valence-corrected chi connectivity index (χ2v) is 5.97. The Kier molecular flexibility index (Phi) is 5.85. The molecule has 0 aliphatic carbocycles. The molecule has 3 N–H and O–H groups in total. The highest BCUT2D eigenvalue weighted by Gasteiger charge is 2.07. The Morgan fingerprint density at radius 2 is 2.27 bits per heavy atom. The fourth-order valence-electron chi connectivity index (χ4n) is 1.82. The van der Waals surface area contributed by atoms with Gasteiger partial charge in [-0.15, -0.1) is 11.3 Å². The number of hydrogen-bond acceptors (Lipinski definition) is 4. The van der Waals surface area contributed by atoms with Gasteiger partial charge in [-0.25, -0.2) is 14.2 Å². The summed E-state index contributed by atoms with van der Waals surface area (Å²) in [6.07, 6.45) is 2.75. The van der Waals surface area contributed by atoms with E-state index in [0.29, 0.717) is 30.1 Å². The summed E-state index contributed by atoms with van der Waals surface area (Å²) in [6.45, 7) is 2.17. The fourth-order valence-corrected chi connectivity index (χ4v) is 2.66. The van der Waals surface area contributed by atoms with Gasteiger partial charge in [0.1, 0.15) is 5.82 Å². The van der Waals surface area contributed by atoms with E-state index in [2.05, 4.69) is 15.6 Å². The molecule has 7 heteroatoms. The van der Waals surface area contributed by atoms with Gasteiger partial charge in [-0.05, 0) is 30.5 Å². The normalized spacial score (nSPS) is 10.5. The summed E-state index contributed by atoms with van der Waals surface area (Å²) < 4.78 is 13.5. The first-order chi connectivity index (χ1) is 10.6. The Hall–Kier alpha value is -1.99. The van der Waals surface area contributed by atoms with Crippen molar-refractivity contribution in [1.82, 2.24) is 10.3 Å². The third-order valence-electron chi connectivity index (χ3n) is 3.01. The molecule has 1 aromatic heterocycles. The van der Waals surface area contributed by atoms with Gasteiger partial charge in [-0.2, -0.15) is 0 Å². The minimum atomic E-state index is -0.351. The smallest absolute Gasteiger partial charge is 0.321 e. The van der Waals surface area contributed by atoms with Crippen molar-refractivity contribution in [3.05, 3.63) is 46.2 Å². The zero-order chi connectivity index (χ0) is 15.9. The van der Waals surface area contributed by atoms with Crippen LogP contribution in [0.4, 0.5) is 14.3 Å². The summed E-state index contributed by atoms with van der Waals surface area (Å²) in [5, 5.41) is 14.4. The van der Waals surface area contributed by atoms with Gasteiger partial charge in [0.15, 0.2) is 5.13 Å². The molecule has 0 saturated carbocycles. The summed E-state index contributed by atoms with van der Waals surface area (Å²) in [7, 11) is 0. The van der Waals surface area contributed by atoms with Crippen LogP contribution >= 0.6 is 11.3 Å². The molecule has 2 rings (SSSR count). The molecule has 0 saturated heterocycles. The van der Waals surface area contributed by atoms with E-state index >= 15 is 0 Å². The molecule has 118 valence electrons. The Morgan fingerprint density at radius 1 is 1.45 bits per heavy atom. The predicted octanol–water partition coefficient (Wildman–Crippen LogP) is 2.69. The first-order valence-corrected chi connectivity index (χ1v) is 7.75. The predicted molar refractivity (Wildman–Crippen MR) is 84.8 cm³/mol. The lowest BCUT2D eigenvalue weighted by Crippen LogP contribution is -2.29. The number of anilines is 1. The highest BCUT2D eigenvalue weighted by Crippen LogP contribution is 2.22. The Labute approximate surface area is 132 Å². The standard InChI is InChI=1S/C15H18FN3O2S/c1-10-3-4-11(8-13(10)16)7-12-9-18-15(22-12)19-14(21)17-5-2-6-20/h3-4,8-9,20H,2,5-7H2,1H3,(H2,17,18,19,21). The number of amides is 2. The van der Waals surface area contributed by atoms with Crippen LogP contribution in [0.3, 0.4) is 0 Å². The number of halogens is 1. The molecule has 0 unspecified atom stereocenters. The first kappa shape index (κ1) is 16.4. The van der Waals surface area contributed by atoms with E-state index in [-0.39, 0.29) is 18.5 Å². The van der Waals surface area contributed by atoms with Gasteiger partial charge in [-0.1, -0.05) is 12.1 Å². The maximum absolute atomic E-state index is 13.5. The molecule has 0 radical (unpaired) electrons. The molecule has 2 amide bonds. The van der Waals surface area contributed by atoms with Gasteiger partial charge < -0.3 is 10.4 Å². The van der Waals surface area contributed by atoms with Crippen LogP contribution in [0, 0.1) is 12.7 Å². The molecular weight excluding hydrogens is 305 g/mol. The molecule has 1 aromatic carbocycles. The van der Waals surface area contributed by atoms with Crippen LogP contribution in [-0.2, 0) is 6.42 Å². The maximum Gasteiger partial charge on any atom is 0.321 e. The number of carbonyl (C=O) groups excluding carboxylic acids is 1. The summed E-state index contributed by atoms with van der Waals surface area (Å²) in [6, 6.07) is 4.80. The summed E-state index contributed by atoms with van der Waals surface area (Å²) in [5.74, 6) is -0.219. The van der Waals surface area contributed by atoms with Crippen LogP contribution in [0.15, 0.2) is 24.4 Å². The quantitative estimate of drug-likeness (QED) is 0.716. The molecule has 0 atom stereocenters. The lowest BCUT2D eigenvalue weighted by molar-refractivity contribution is 0.249. The van der Waals surface area contributed by atoms with Crippen LogP contribution < -0.4 is 10.6 Å². The Morgan fingerprint density at radius 3 is 3.00 bits per heavy atom. The molecular formula is C15H18FN3O2S. The Balaban J connectivity index is 1.90. The molecule has 0 aliphatic heterocycles. The maximum atomic E-state index is 13.5. The molecule has 0 bridgehead atoms. The molecule has 1 heterocycles. The van der Waals surface area contributed by atoms with Crippen molar-refractivity contribution >= 4 is 22.5 Å². The number of benzene rings is 1. The molecule has 0 fully saturated rings. The average molecular weight is 323 g/mol.